The van der Waals surface area contributed by atoms with Crippen molar-refractivity contribution in [1.82, 2.24) is 9.80 Å². The van der Waals surface area contributed by atoms with E-state index in [1.165, 1.54) is 4.90 Å². The molecule has 6 heteroatoms. The fourth-order valence-corrected chi connectivity index (χ4v) is 4.20. The Bertz CT molecular complexity index is 934. The zero-order chi connectivity index (χ0) is 19.7. The predicted molar refractivity (Wildman–Crippen MR) is 114 cm³/mol. The van der Waals surface area contributed by atoms with Crippen LogP contribution in [0, 0.1) is 0 Å². The summed E-state index contributed by atoms with van der Waals surface area (Å²) < 4.78 is 0.830. The Balaban J connectivity index is 1.77. The van der Waals surface area contributed by atoms with Crippen molar-refractivity contribution in [2.45, 2.75) is 6.92 Å². The van der Waals surface area contributed by atoms with E-state index in [2.05, 4.69) is 32.7 Å². The molecule has 4 rings (SSSR count). The molecular formula is C22H22BrN3O2. The number of rotatable bonds is 4. The van der Waals surface area contributed by atoms with Gasteiger partial charge in [0.05, 0.1) is 11.3 Å². The number of carbonyl (C=O) groups excluding carboxylic acids is 2. The zero-order valence-electron chi connectivity index (χ0n) is 15.8. The molecule has 28 heavy (non-hydrogen) atoms. The smallest absolute Gasteiger partial charge is 0.282 e. The maximum absolute atomic E-state index is 13.4. The third kappa shape index (κ3) is 3.38. The van der Waals surface area contributed by atoms with Crippen LogP contribution in [0.5, 0.6) is 0 Å². The first-order valence-corrected chi connectivity index (χ1v) is 10.3. The third-order valence-electron chi connectivity index (χ3n) is 5.32. The largest absolute Gasteiger partial charge is 0.364 e. The van der Waals surface area contributed by atoms with Gasteiger partial charge in [0.2, 0.25) is 0 Å². The summed E-state index contributed by atoms with van der Waals surface area (Å²) in [7, 11) is 0. The SMILES string of the molecule is CCN1CCN(C2=C(c3ccccc3)C(=O)N(c3cccc(Br)c3)C2=O)CC1. The van der Waals surface area contributed by atoms with E-state index < -0.39 is 0 Å². The zero-order valence-corrected chi connectivity index (χ0v) is 17.4. The van der Waals surface area contributed by atoms with Crippen molar-refractivity contribution in [2.24, 2.45) is 0 Å². The summed E-state index contributed by atoms with van der Waals surface area (Å²) in [6.45, 7) is 6.40. The molecule has 0 bridgehead atoms. The summed E-state index contributed by atoms with van der Waals surface area (Å²) in [6.07, 6.45) is 0. The van der Waals surface area contributed by atoms with Gasteiger partial charge in [-0.2, -0.15) is 0 Å². The van der Waals surface area contributed by atoms with Crippen LogP contribution in [0.15, 0.2) is 64.8 Å². The number of likely N-dealkylation sites (N-methyl/N-ethyl adjacent to an activating group) is 1. The van der Waals surface area contributed by atoms with Crippen LogP contribution in [0.25, 0.3) is 5.57 Å². The standard InChI is InChI=1S/C22H22BrN3O2/c1-2-24-11-13-25(14-12-24)20-19(16-7-4-3-5-8-16)21(27)26(22(20)28)18-10-6-9-17(23)15-18/h3-10,15H,2,11-14H2,1H3. The minimum Gasteiger partial charge on any atom is -0.364 e. The minimum atomic E-state index is -0.262. The molecule has 2 aliphatic heterocycles. The highest BCUT2D eigenvalue weighted by Crippen LogP contribution is 2.35. The van der Waals surface area contributed by atoms with E-state index in [0.717, 1.165) is 42.8 Å². The minimum absolute atomic E-state index is 0.244. The molecule has 2 aromatic rings. The number of anilines is 1. The molecule has 0 aliphatic carbocycles. The average molecular weight is 440 g/mol. The number of piperazine rings is 1. The van der Waals surface area contributed by atoms with E-state index >= 15 is 0 Å². The van der Waals surface area contributed by atoms with Gasteiger partial charge in [0, 0.05) is 30.7 Å². The second-order valence-electron chi connectivity index (χ2n) is 6.94. The van der Waals surface area contributed by atoms with Crippen molar-refractivity contribution in [3.05, 3.63) is 70.3 Å². The molecule has 1 saturated heterocycles. The molecule has 0 N–H and O–H groups in total. The van der Waals surface area contributed by atoms with Crippen molar-refractivity contribution in [2.75, 3.05) is 37.6 Å². The van der Waals surface area contributed by atoms with Crippen LogP contribution in [-0.2, 0) is 9.59 Å². The lowest BCUT2D eigenvalue weighted by Gasteiger charge is -2.36. The molecular weight excluding hydrogens is 418 g/mol. The summed E-state index contributed by atoms with van der Waals surface area (Å²) in [5.41, 5.74) is 2.38. The molecule has 0 radical (unpaired) electrons. The normalized spacial score (nSPS) is 18.4. The Kier molecular flexibility index (Phi) is 5.33. The van der Waals surface area contributed by atoms with Gasteiger partial charge in [-0.1, -0.05) is 59.3 Å². The van der Waals surface area contributed by atoms with Crippen LogP contribution in [0.2, 0.25) is 0 Å². The van der Waals surface area contributed by atoms with Gasteiger partial charge < -0.3 is 9.80 Å². The van der Waals surface area contributed by atoms with Gasteiger partial charge in [0.15, 0.2) is 0 Å². The molecule has 0 aromatic heterocycles. The van der Waals surface area contributed by atoms with Crippen LogP contribution in [0.4, 0.5) is 5.69 Å². The van der Waals surface area contributed by atoms with Crippen LogP contribution >= 0.6 is 15.9 Å². The first kappa shape index (κ1) is 18.9. The summed E-state index contributed by atoms with van der Waals surface area (Å²) in [6, 6.07) is 16.8. The average Bonchev–Trinajstić information content (AvgIpc) is 2.99. The van der Waals surface area contributed by atoms with Crippen molar-refractivity contribution in [1.29, 1.82) is 0 Å². The highest BCUT2D eigenvalue weighted by atomic mass is 79.9. The molecule has 5 nitrogen and oxygen atoms in total. The van der Waals surface area contributed by atoms with Crippen LogP contribution in [0.1, 0.15) is 12.5 Å². The molecule has 0 atom stereocenters. The molecule has 2 heterocycles. The molecule has 0 unspecified atom stereocenters. The number of carbonyl (C=O) groups is 2. The number of nitrogens with zero attached hydrogens (tertiary/aromatic N) is 3. The van der Waals surface area contributed by atoms with Gasteiger partial charge in [-0.3, -0.25) is 9.59 Å². The predicted octanol–water partition coefficient (Wildman–Crippen LogP) is 3.37. The van der Waals surface area contributed by atoms with Gasteiger partial charge in [-0.15, -0.1) is 0 Å². The Morgan fingerprint density at radius 3 is 2.25 bits per heavy atom. The van der Waals surface area contributed by atoms with E-state index in [4.69, 9.17) is 0 Å². The molecule has 2 aliphatic rings. The maximum atomic E-state index is 13.4. The number of amides is 2. The van der Waals surface area contributed by atoms with Crippen LogP contribution in [0.3, 0.4) is 0 Å². The van der Waals surface area contributed by atoms with Gasteiger partial charge in [-0.05, 0) is 30.3 Å². The van der Waals surface area contributed by atoms with E-state index in [1.54, 1.807) is 12.1 Å². The summed E-state index contributed by atoms with van der Waals surface area (Å²) >= 11 is 3.44. The highest BCUT2D eigenvalue weighted by molar-refractivity contribution is 9.10. The third-order valence-corrected chi connectivity index (χ3v) is 5.82. The van der Waals surface area contributed by atoms with Crippen molar-refractivity contribution in [3.8, 4) is 0 Å². The monoisotopic (exact) mass is 439 g/mol. The number of imide groups is 1. The summed E-state index contributed by atoms with van der Waals surface area (Å²) in [4.78, 5) is 32.6. The lowest BCUT2D eigenvalue weighted by molar-refractivity contribution is -0.120. The first-order valence-electron chi connectivity index (χ1n) is 9.51. The quantitative estimate of drug-likeness (QED) is 0.684. The van der Waals surface area contributed by atoms with Crippen LogP contribution in [-0.4, -0.2) is 54.3 Å². The van der Waals surface area contributed by atoms with Crippen LogP contribution < -0.4 is 4.90 Å². The van der Waals surface area contributed by atoms with E-state index in [1.807, 2.05) is 42.5 Å². The maximum Gasteiger partial charge on any atom is 0.282 e. The Hall–Kier alpha value is -2.44. The molecule has 2 amide bonds. The van der Waals surface area contributed by atoms with Crippen molar-refractivity contribution in [3.63, 3.8) is 0 Å². The fraction of sp³-hybridized carbons (Fsp3) is 0.273. The van der Waals surface area contributed by atoms with Gasteiger partial charge in [-0.25, -0.2) is 4.90 Å². The van der Waals surface area contributed by atoms with E-state index in [9.17, 15) is 9.59 Å². The highest BCUT2D eigenvalue weighted by Gasteiger charge is 2.42. The topological polar surface area (TPSA) is 43.9 Å². The first-order chi connectivity index (χ1) is 13.6. The van der Waals surface area contributed by atoms with Crippen molar-refractivity contribution >= 4 is 39.0 Å². The van der Waals surface area contributed by atoms with Gasteiger partial charge in [0.1, 0.15) is 5.70 Å². The molecule has 0 spiro atoms. The number of hydrogen-bond acceptors (Lipinski definition) is 4. The molecule has 1 fully saturated rings. The lowest BCUT2D eigenvalue weighted by Crippen LogP contribution is -2.47. The second-order valence-corrected chi connectivity index (χ2v) is 7.85. The number of halogens is 1. The number of benzene rings is 2. The summed E-state index contributed by atoms with van der Waals surface area (Å²) in [5, 5.41) is 0. The number of hydrogen-bond donors (Lipinski definition) is 0. The summed E-state index contributed by atoms with van der Waals surface area (Å²) in [5.74, 6) is -0.505. The Morgan fingerprint density at radius 2 is 1.61 bits per heavy atom. The molecule has 144 valence electrons. The fourth-order valence-electron chi connectivity index (χ4n) is 3.81. The van der Waals surface area contributed by atoms with E-state index in [0.29, 0.717) is 17.0 Å². The molecule has 2 aromatic carbocycles. The Labute approximate surface area is 173 Å². The van der Waals surface area contributed by atoms with E-state index in [-0.39, 0.29) is 11.8 Å². The second kappa shape index (κ2) is 7.89. The van der Waals surface area contributed by atoms with Crippen molar-refractivity contribution < 1.29 is 9.59 Å². The van der Waals surface area contributed by atoms with Gasteiger partial charge >= 0.3 is 0 Å². The lowest BCUT2D eigenvalue weighted by atomic mass is 10.0. The Morgan fingerprint density at radius 1 is 0.893 bits per heavy atom. The molecule has 0 saturated carbocycles. The van der Waals surface area contributed by atoms with Gasteiger partial charge in [0.25, 0.3) is 11.8 Å².